The van der Waals surface area contributed by atoms with E-state index in [2.05, 4.69) is 25.6 Å². The van der Waals surface area contributed by atoms with E-state index in [9.17, 15) is 9.59 Å². The van der Waals surface area contributed by atoms with E-state index in [-0.39, 0.29) is 17.9 Å². The van der Waals surface area contributed by atoms with Crippen LogP contribution in [0.2, 0.25) is 0 Å². The van der Waals surface area contributed by atoms with Crippen molar-refractivity contribution in [2.75, 3.05) is 6.61 Å². The number of hydrogen-bond donors (Lipinski definition) is 0. The van der Waals surface area contributed by atoms with Gasteiger partial charge in [-0.2, -0.15) is 0 Å². The molecule has 200 valence electrons. The molecule has 0 saturated heterocycles. The summed E-state index contributed by atoms with van der Waals surface area (Å²) in [5.41, 5.74) is 2.31. The smallest absolute Gasteiger partial charge is 0.330 e. The second-order valence-electron chi connectivity index (χ2n) is 11.2. The molecule has 0 radical (unpaired) electrons. The standard InChI is InChI=1S/C32H48O4/c1-4-10-25-12-15-27(16-13-25)28-17-19-29(20-18-28)32(34)36-30-21-14-26(23-24(30)3)11-8-6-7-9-22-35-31(33)5-2/h5,14,21,23,25,27-29H,2,4,6-13,15-20,22H2,1,3H3. The molecule has 2 aliphatic carbocycles. The summed E-state index contributed by atoms with van der Waals surface area (Å²) in [4.78, 5) is 23.9. The first-order valence-electron chi connectivity index (χ1n) is 14.6. The van der Waals surface area contributed by atoms with Crippen molar-refractivity contribution in [3.63, 3.8) is 0 Å². The molecule has 1 aromatic carbocycles. The van der Waals surface area contributed by atoms with E-state index in [0.717, 1.165) is 68.3 Å². The molecule has 0 aliphatic heterocycles. The molecule has 0 spiro atoms. The van der Waals surface area contributed by atoms with E-state index < -0.39 is 0 Å². The van der Waals surface area contributed by atoms with Gasteiger partial charge in [0.25, 0.3) is 0 Å². The summed E-state index contributed by atoms with van der Waals surface area (Å²) in [6.45, 7) is 8.20. The Morgan fingerprint density at radius 1 is 0.944 bits per heavy atom. The van der Waals surface area contributed by atoms with Crippen molar-refractivity contribution in [3.8, 4) is 5.75 Å². The molecule has 0 aromatic heterocycles. The zero-order valence-electron chi connectivity index (χ0n) is 22.8. The van der Waals surface area contributed by atoms with E-state index in [4.69, 9.17) is 9.47 Å². The zero-order valence-corrected chi connectivity index (χ0v) is 22.8. The second kappa shape index (κ2) is 15.2. The van der Waals surface area contributed by atoms with E-state index in [1.807, 2.05) is 13.0 Å². The van der Waals surface area contributed by atoms with Gasteiger partial charge in [0.1, 0.15) is 5.75 Å². The van der Waals surface area contributed by atoms with Crippen LogP contribution >= 0.6 is 0 Å². The van der Waals surface area contributed by atoms with Crippen molar-refractivity contribution in [2.45, 2.75) is 110 Å². The molecule has 0 atom stereocenters. The van der Waals surface area contributed by atoms with Gasteiger partial charge in [0.15, 0.2) is 0 Å². The van der Waals surface area contributed by atoms with E-state index in [1.165, 1.54) is 63.0 Å². The molecule has 0 bridgehead atoms. The maximum Gasteiger partial charge on any atom is 0.330 e. The van der Waals surface area contributed by atoms with Gasteiger partial charge in [-0.1, -0.05) is 64.2 Å². The van der Waals surface area contributed by atoms with Crippen molar-refractivity contribution in [1.29, 1.82) is 0 Å². The highest BCUT2D eigenvalue weighted by Crippen LogP contribution is 2.42. The summed E-state index contributed by atoms with van der Waals surface area (Å²) in [6, 6.07) is 6.21. The minimum Gasteiger partial charge on any atom is -0.463 e. The number of benzene rings is 1. The first kappa shape index (κ1) is 28.5. The van der Waals surface area contributed by atoms with Crippen LogP contribution in [0.3, 0.4) is 0 Å². The van der Waals surface area contributed by atoms with Gasteiger partial charge in [-0.3, -0.25) is 4.79 Å². The molecule has 2 aliphatic rings. The molecular weight excluding hydrogens is 448 g/mol. The Morgan fingerprint density at radius 2 is 1.61 bits per heavy atom. The average molecular weight is 497 g/mol. The normalized spacial score (nSPS) is 24.2. The second-order valence-corrected chi connectivity index (χ2v) is 11.2. The Bertz CT molecular complexity index is 829. The van der Waals surface area contributed by atoms with Crippen LogP contribution in [0, 0.1) is 30.6 Å². The Balaban J connectivity index is 1.34. The molecule has 0 N–H and O–H groups in total. The summed E-state index contributed by atoms with van der Waals surface area (Å²) in [5, 5.41) is 0. The highest BCUT2D eigenvalue weighted by Gasteiger charge is 2.33. The number of hydrogen-bond acceptors (Lipinski definition) is 4. The molecule has 4 nitrogen and oxygen atoms in total. The number of rotatable bonds is 13. The maximum atomic E-state index is 12.9. The van der Waals surface area contributed by atoms with Crippen LogP contribution < -0.4 is 4.74 Å². The Kier molecular flexibility index (Phi) is 12.0. The number of carbonyl (C=O) groups is 2. The fourth-order valence-electron chi connectivity index (χ4n) is 6.37. The van der Waals surface area contributed by atoms with Crippen LogP contribution in [-0.2, 0) is 20.7 Å². The minimum absolute atomic E-state index is 0.0342. The number of unbranched alkanes of at least 4 members (excludes halogenated alkanes) is 3. The quantitative estimate of drug-likeness (QED) is 0.120. The summed E-state index contributed by atoms with van der Waals surface area (Å²) >= 11 is 0. The third kappa shape index (κ3) is 9.09. The van der Waals surface area contributed by atoms with Gasteiger partial charge >= 0.3 is 11.9 Å². The van der Waals surface area contributed by atoms with Crippen molar-refractivity contribution >= 4 is 11.9 Å². The van der Waals surface area contributed by atoms with Gasteiger partial charge in [-0.15, -0.1) is 0 Å². The van der Waals surface area contributed by atoms with Crippen molar-refractivity contribution in [3.05, 3.63) is 42.0 Å². The van der Waals surface area contributed by atoms with Crippen LogP contribution in [0.4, 0.5) is 0 Å². The number of carbonyl (C=O) groups excluding carboxylic acids is 2. The largest absolute Gasteiger partial charge is 0.463 e. The SMILES string of the molecule is C=CC(=O)OCCCCCCc1ccc(OC(=O)C2CCC(C3CCC(CCC)CC3)CC2)c(C)c1. The molecule has 2 saturated carbocycles. The molecule has 0 unspecified atom stereocenters. The van der Waals surface area contributed by atoms with Gasteiger partial charge in [-0.25, -0.2) is 4.79 Å². The first-order chi connectivity index (χ1) is 17.5. The topological polar surface area (TPSA) is 52.6 Å². The highest BCUT2D eigenvalue weighted by molar-refractivity contribution is 5.81. The lowest BCUT2D eigenvalue weighted by Crippen LogP contribution is -2.30. The van der Waals surface area contributed by atoms with Gasteiger partial charge in [-0.05, 0) is 99.7 Å². The van der Waals surface area contributed by atoms with Gasteiger partial charge in [0.2, 0.25) is 0 Å². The van der Waals surface area contributed by atoms with E-state index >= 15 is 0 Å². The van der Waals surface area contributed by atoms with E-state index in [1.54, 1.807) is 0 Å². The summed E-state index contributed by atoms with van der Waals surface area (Å²) in [7, 11) is 0. The first-order valence-corrected chi connectivity index (χ1v) is 14.6. The number of ether oxygens (including phenoxy) is 2. The van der Waals surface area contributed by atoms with Gasteiger partial charge in [0.05, 0.1) is 12.5 Å². The Morgan fingerprint density at radius 3 is 2.25 bits per heavy atom. The predicted octanol–water partition coefficient (Wildman–Crippen LogP) is 8.15. The summed E-state index contributed by atoms with van der Waals surface area (Å²) < 4.78 is 10.9. The number of esters is 2. The van der Waals surface area contributed by atoms with Crippen LogP contribution in [0.15, 0.2) is 30.9 Å². The molecule has 1 aromatic rings. The zero-order chi connectivity index (χ0) is 25.8. The third-order valence-corrected chi connectivity index (χ3v) is 8.58. The van der Waals surface area contributed by atoms with Crippen LogP contribution in [0.5, 0.6) is 5.75 Å². The number of aryl methyl sites for hydroxylation is 2. The van der Waals surface area contributed by atoms with Crippen LogP contribution in [-0.4, -0.2) is 18.5 Å². The fraction of sp³-hybridized carbons (Fsp3) is 0.688. The van der Waals surface area contributed by atoms with Gasteiger partial charge in [0, 0.05) is 6.08 Å². The lowest BCUT2D eigenvalue weighted by atomic mass is 9.69. The lowest BCUT2D eigenvalue weighted by molar-refractivity contribution is -0.140. The van der Waals surface area contributed by atoms with Crippen molar-refractivity contribution in [2.24, 2.45) is 23.7 Å². The molecule has 4 heteroatoms. The molecule has 0 heterocycles. The monoisotopic (exact) mass is 496 g/mol. The van der Waals surface area contributed by atoms with Crippen molar-refractivity contribution in [1.82, 2.24) is 0 Å². The van der Waals surface area contributed by atoms with Gasteiger partial charge < -0.3 is 9.47 Å². The molecular formula is C32H48O4. The summed E-state index contributed by atoms with van der Waals surface area (Å²) in [5.74, 6) is 3.06. The molecule has 36 heavy (non-hydrogen) atoms. The Hall–Kier alpha value is -2.10. The third-order valence-electron chi connectivity index (χ3n) is 8.58. The van der Waals surface area contributed by atoms with Crippen molar-refractivity contribution < 1.29 is 19.1 Å². The average Bonchev–Trinajstić information content (AvgIpc) is 2.90. The van der Waals surface area contributed by atoms with E-state index in [0.29, 0.717) is 12.4 Å². The minimum atomic E-state index is -0.348. The molecule has 3 rings (SSSR count). The molecule has 0 amide bonds. The Labute approximate surface area is 219 Å². The van der Waals surface area contributed by atoms with Crippen LogP contribution in [0.25, 0.3) is 0 Å². The fourth-order valence-corrected chi connectivity index (χ4v) is 6.37. The maximum absolute atomic E-state index is 12.9. The predicted molar refractivity (Wildman–Crippen MR) is 146 cm³/mol. The summed E-state index contributed by atoms with van der Waals surface area (Å²) in [6.07, 6.45) is 19.1. The highest BCUT2D eigenvalue weighted by atomic mass is 16.5. The van der Waals surface area contributed by atoms with Crippen LogP contribution in [0.1, 0.15) is 108 Å². The molecule has 2 fully saturated rings. The lowest BCUT2D eigenvalue weighted by Gasteiger charge is -2.37.